The van der Waals surface area contributed by atoms with Crippen LogP contribution in [0.15, 0.2) is 4.99 Å². The molecule has 2 aliphatic rings. The fourth-order valence-electron chi connectivity index (χ4n) is 3.93. The number of rotatable bonds is 5. The average molecular weight is 350 g/mol. The molecular formula is C18H31N5S. The molecule has 0 radical (unpaired) electrons. The molecule has 24 heavy (non-hydrogen) atoms. The maximum absolute atomic E-state index is 4.51. The van der Waals surface area contributed by atoms with Gasteiger partial charge in [0.1, 0.15) is 0 Å². The van der Waals surface area contributed by atoms with E-state index in [1.807, 2.05) is 18.4 Å². The van der Waals surface area contributed by atoms with Crippen molar-refractivity contribution in [2.24, 2.45) is 10.9 Å². The Balaban J connectivity index is 1.43. The predicted octanol–water partition coefficient (Wildman–Crippen LogP) is 2.30. The summed E-state index contributed by atoms with van der Waals surface area (Å²) in [5, 5.41) is 4.71. The van der Waals surface area contributed by atoms with Gasteiger partial charge in [-0.05, 0) is 52.1 Å². The van der Waals surface area contributed by atoms with E-state index in [-0.39, 0.29) is 0 Å². The van der Waals surface area contributed by atoms with Gasteiger partial charge in [-0.1, -0.05) is 0 Å². The minimum Gasteiger partial charge on any atom is -0.356 e. The molecule has 2 saturated heterocycles. The van der Waals surface area contributed by atoms with E-state index in [2.05, 4.69) is 38.9 Å². The lowest BCUT2D eigenvalue weighted by molar-refractivity contribution is 0.281. The number of nitrogens with one attached hydrogen (secondary N) is 1. The number of aliphatic imine (C=N–C) groups is 1. The van der Waals surface area contributed by atoms with E-state index in [9.17, 15) is 0 Å². The molecule has 3 rings (SSSR count). The quantitative estimate of drug-likeness (QED) is 0.654. The number of hydrogen-bond acceptors (Lipinski definition) is 4. The number of thiazole rings is 1. The molecule has 6 heteroatoms. The molecule has 2 aliphatic heterocycles. The Kier molecular flexibility index (Phi) is 6.11. The van der Waals surface area contributed by atoms with Gasteiger partial charge in [0.05, 0.1) is 10.7 Å². The third kappa shape index (κ3) is 4.48. The average Bonchev–Trinajstić information content (AvgIpc) is 3.28. The number of guanidine groups is 1. The van der Waals surface area contributed by atoms with Crippen LogP contribution in [-0.2, 0) is 6.42 Å². The van der Waals surface area contributed by atoms with Crippen molar-refractivity contribution >= 4 is 17.3 Å². The predicted molar refractivity (Wildman–Crippen MR) is 102 cm³/mol. The summed E-state index contributed by atoms with van der Waals surface area (Å²) < 4.78 is 0. The molecule has 1 aromatic heterocycles. The van der Waals surface area contributed by atoms with Crippen LogP contribution in [0.3, 0.4) is 0 Å². The van der Waals surface area contributed by atoms with Gasteiger partial charge in [-0.25, -0.2) is 4.98 Å². The van der Waals surface area contributed by atoms with E-state index in [1.54, 1.807) is 0 Å². The van der Waals surface area contributed by atoms with Crippen molar-refractivity contribution in [3.63, 3.8) is 0 Å². The van der Waals surface area contributed by atoms with Gasteiger partial charge < -0.3 is 15.1 Å². The Morgan fingerprint density at radius 1 is 1.29 bits per heavy atom. The van der Waals surface area contributed by atoms with Crippen molar-refractivity contribution < 1.29 is 0 Å². The number of aryl methyl sites for hydroxylation is 2. The maximum atomic E-state index is 4.51. The van der Waals surface area contributed by atoms with Crippen LogP contribution in [-0.4, -0.2) is 67.1 Å². The van der Waals surface area contributed by atoms with E-state index >= 15 is 0 Å². The molecule has 1 aromatic rings. The topological polar surface area (TPSA) is 43.8 Å². The number of likely N-dealkylation sites (tertiary alicyclic amines) is 2. The summed E-state index contributed by atoms with van der Waals surface area (Å²) in [6, 6.07) is 0. The summed E-state index contributed by atoms with van der Waals surface area (Å²) in [5.41, 5.74) is 1.18. The third-order valence-corrected chi connectivity index (χ3v) is 6.28. The van der Waals surface area contributed by atoms with Gasteiger partial charge in [-0.2, -0.15) is 0 Å². The van der Waals surface area contributed by atoms with E-state index in [1.165, 1.54) is 49.5 Å². The molecule has 0 aromatic carbocycles. The Bertz CT molecular complexity index is 562. The molecule has 1 N–H and O–H groups in total. The third-order valence-electron chi connectivity index (χ3n) is 5.15. The van der Waals surface area contributed by atoms with Crippen molar-refractivity contribution in [2.45, 2.75) is 39.5 Å². The minimum absolute atomic E-state index is 0.799. The van der Waals surface area contributed by atoms with Gasteiger partial charge >= 0.3 is 0 Å². The minimum atomic E-state index is 0.799. The highest BCUT2D eigenvalue weighted by atomic mass is 32.1. The molecule has 1 unspecified atom stereocenters. The van der Waals surface area contributed by atoms with Crippen LogP contribution in [0.4, 0.5) is 0 Å². The monoisotopic (exact) mass is 349 g/mol. The van der Waals surface area contributed by atoms with Crippen LogP contribution >= 0.6 is 11.3 Å². The fourth-order valence-corrected chi connectivity index (χ4v) is 4.87. The number of hydrogen-bond donors (Lipinski definition) is 1. The zero-order chi connectivity index (χ0) is 16.9. The molecule has 0 aliphatic carbocycles. The molecule has 134 valence electrons. The van der Waals surface area contributed by atoms with Crippen LogP contribution < -0.4 is 5.32 Å². The lowest BCUT2D eigenvalue weighted by Crippen LogP contribution is -2.41. The van der Waals surface area contributed by atoms with Crippen molar-refractivity contribution in [1.82, 2.24) is 20.1 Å². The molecule has 0 bridgehead atoms. The second-order valence-corrected chi connectivity index (χ2v) is 8.36. The summed E-state index contributed by atoms with van der Waals surface area (Å²) >= 11 is 1.81. The lowest BCUT2D eigenvalue weighted by Gasteiger charge is -2.23. The molecule has 1 atom stereocenters. The fraction of sp³-hybridized carbons (Fsp3) is 0.778. The van der Waals surface area contributed by atoms with Crippen molar-refractivity contribution in [2.75, 3.05) is 46.3 Å². The summed E-state index contributed by atoms with van der Waals surface area (Å²) in [6.45, 7) is 11.3. The standard InChI is InChI=1S/C18H31N5S/c1-14-17(24-15(2)21-14)6-8-20-18(19-3)23-11-7-16(13-23)12-22-9-4-5-10-22/h16H,4-13H2,1-3H3,(H,19,20). The van der Waals surface area contributed by atoms with Crippen LogP contribution in [0.25, 0.3) is 0 Å². The second-order valence-electron chi connectivity index (χ2n) is 7.07. The SMILES string of the molecule is CN=C(NCCc1sc(C)nc1C)N1CCC(CN2CCCC2)C1. The highest BCUT2D eigenvalue weighted by molar-refractivity contribution is 7.11. The number of nitrogens with zero attached hydrogens (tertiary/aromatic N) is 4. The van der Waals surface area contributed by atoms with Crippen LogP contribution in [0.5, 0.6) is 0 Å². The molecule has 3 heterocycles. The molecule has 5 nitrogen and oxygen atoms in total. The summed E-state index contributed by atoms with van der Waals surface area (Å²) in [7, 11) is 1.90. The highest BCUT2D eigenvalue weighted by Gasteiger charge is 2.27. The largest absolute Gasteiger partial charge is 0.356 e. The van der Waals surface area contributed by atoms with Gasteiger partial charge in [-0.15, -0.1) is 11.3 Å². The zero-order valence-electron chi connectivity index (χ0n) is 15.3. The lowest BCUT2D eigenvalue weighted by atomic mass is 10.1. The van der Waals surface area contributed by atoms with Gasteiger partial charge in [0, 0.05) is 44.5 Å². The Morgan fingerprint density at radius 2 is 2.08 bits per heavy atom. The normalized spacial score (nSPS) is 22.5. The van der Waals surface area contributed by atoms with Gasteiger partial charge in [0.2, 0.25) is 0 Å². The second kappa shape index (κ2) is 8.30. The Morgan fingerprint density at radius 3 is 2.75 bits per heavy atom. The molecular weight excluding hydrogens is 318 g/mol. The van der Waals surface area contributed by atoms with E-state index in [0.717, 1.165) is 42.9 Å². The van der Waals surface area contributed by atoms with Crippen molar-refractivity contribution in [3.8, 4) is 0 Å². The van der Waals surface area contributed by atoms with Crippen LogP contribution in [0.1, 0.15) is 34.8 Å². The highest BCUT2D eigenvalue weighted by Crippen LogP contribution is 2.20. The maximum Gasteiger partial charge on any atom is 0.193 e. The number of aromatic nitrogens is 1. The molecule has 0 spiro atoms. The molecule has 0 amide bonds. The van der Waals surface area contributed by atoms with E-state index in [4.69, 9.17) is 0 Å². The van der Waals surface area contributed by atoms with Crippen LogP contribution in [0, 0.1) is 19.8 Å². The molecule has 0 saturated carbocycles. The van der Waals surface area contributed by atoms with E-state index < -0.39 is 0 Å². The van der Waals surface area contributed by atoms with Gasteiger partial charge in [0.15, 0.2) is 5.96 Å². The summed E-state index contributed by atoms with van der Waals surface area (Å²) in [5.74, 6) is 1.87. The van der Waals surface area contributed by atoms with E-state index in [0.29, 0.717) is 0 Å². The Hall–Kier alpha value is -1.14. The first-order valence-corrected chi connectivity index (χ1v) is 10.1. The first kappa shape index (κ1) is 17.7. The van der Waals surface area contributed by atoms with Gasteiger partial charge in [0.25, 0.3) is 0 Å². The smallest absolute Gasteiger partial charge is 0.193 e. The first-order chi connectivity index (χ1) is 11.7. The van der Waals surface area contributed by atoms with Gasteiger partial charge in [-0.3, -0.25) is 4.99 Å². The van der Waals surface area contributed by atoms with Crippen LogP contribution in [0.2, 0.25) is 0 Å². The summed E-state index contributed by atoms with van der Waals surface area (Å²) in [4.78, 5) is 15.5. The van der Waals surface area contributed by atoms with Crippen molar-refractivity contribution in [3.05, 3.63) is 15.6 Å². The van der Waals surface area contributed by atoms with Crippen molar-refractivity contribution in [1.29, 1.82) is 0 Å². The molecule has 2 fully saturated rings. The Labute approximate surface area is 150 Å². The zero-order valence-corrected chi connectivity index (χ0v) is 16.2. The first-order valence-electron chi connectivity index (χ1n) is 9.26. The summed E-state index contributed by atoms with van der Waals surface area (Å²) in [6.07, 6.45) is 5.10.